The van der Waals surface area contributed by atoms with Gasteiger partial charge in [0.2, 0.25) is 0 Å². The number of benzene rings is 3. The normalized spacial score (nSPS) is 14.3. The molecule has 1 saturated heterocycles. The molecule has 7 nitrogen and oxygen atoms in total. The van der Waals surface area contributed by atoms with Gasteiger partial charge in [0.15, 0.2) is 11.5 Å². The first-order valence-corrected chi connectivity index (χ1v) is 11.8. The van der Waals surface area contributed by atoms with Crippen LogP contribution < -0.4 is 14.2 Å². The van der Waals surface area contributed by atoms with Crippen LogP contribution in [0.1, 0.15) is 15.9 Å². The first-order chi connectivity index (χ1) is 17.4. The molecule has 184 valence electrons. The molecule has 4 rings (SSSR count). The zero-order valence-corrected chi connectivity index (χ0v) is 20.5. The summed E-state index contributed by atoms with van der Waals surface area (Å²) in [6.07, 6.45) is 1.54. The average molecular weight is 528 g/mol. The van der Waals surface area contributed by atoms with Crippen molar-refractivity contribution in [3.05, 3.63) is 93.6 Å². The molecule has 0 spiro atoms. The fourth-order valence-electron chi connectivity index (χ4n) is 3.29. The second-order valence-electron chi connectivity index (χ2n) is 7.42. The molecule has 1 aliphatic heterocycles. The number of imide groups is 1. The van der Waals surface area contributed by atoms with Crippen molar-refractivity contribution in [2.45, 2.75) is 0 Å². The Labute approximate surface area is 215 Å². The fourth-order valence-corrected chi connectivity index (χ4v) is 4.34. The number of thioether (sulfide) groups is 1. The largest absolute Gasteiger partial charge is 0.493 e. The lowest BCUT2D eigenvalue weighted by atomic mass is 10.1. The number of para-hydroxylation sites is 1. The molecule has 3 aromatic rings. The molecule has 1 heterocycles. The average Bonchev–Trinajstić information content (AvgIpc) is 3.13. The van der Waals surface area contributed by atoms with Crippen molar-refractivity contribution in [2.75, 3.05) is 20.3 Å². The van der Waals surface area contributed by atoms with Crippen LogP contribution in [-0.4, -0.2) is 42.3 Å². The van der Waals surface area contributed by atoms with Crippen molar-refractivity contribution in [1.82, 2.24) is 4.90 Å². The minimum Gasteiger partial charge on any atom is -0.493 e. The van der Waals surface area contributed by atoms with E-state index in [4.69, 9.17) is 25.8 Å². The van der Waals surface area contributed by atoms with Crippen LogP contribution in [0.3, 0.4) is 0 Å². The van der Waals surface area contributed by atoms with Crippen LogP contribution in [0.5, 0.6) is 17.2 Å². The fraction of sp³-hybridized carbons (Fsp3) is 0.115. The molecule has 36 heavy (non-hydrogen) atoms. The van der Waals surface area contributed by atoms with Crippen molar-refractivity contribution in [3.63, 3.8) is 0 Å². The lowest BCUT2D eigenvalue weighted by Crippen LogP contribution is -2.32. The molecule has 1 fully saturated rings. The second-order valence-corrected chi connectivity index (χ2v) is 8.82. The number of methoxy groups -OCH3 is 1. The van der Waals surface area contributed by atoms with Crippen LogP contribution in [0.15, 0.2) is 71.6 Å². The van der Waals surface area contributed by atoms with E-state index in [0.717, 1.165) is 22.7 Å². The Morgan fingerprint density at radius 2 is 1.83 bits per heavy atom. The van der Waals surface area contributed by atoms with E-state index in [1.807, 2.05) is 0 Å². The molecule has 0 unspecified atom stereocenters. The smallest absolute Gasteiger partial charge is 0.343 e. The van der Waals surface area contributed by atoms with E-state index < -0.39 is 22.9 Å². The maximum Gasteiger partial charge on any atom is 0.343 e. The maximum absolute atomic E-state index is 13.4. The molecule has 0 aromatic heterocycles. The van der Waals surface area contributed by atoms with E-state index in [1.165, 1.54) is 31.4 Å². The molecular weight excluding hydrogens is 509 g/mol. The lowest BCUT2D eigenvalue weighted by Gasteiger charge is -2.13. The van der Waals surface area contributed by atoms with Crippen LogP contribution >= 0.6 is 23.4 Å². The minimum atomic E-state index is -0.749. The van der Waals surface area contributed by atoms with Gasteiger partial charge >= 0.3 is 5.97 Å². The first-order valence-electron chi connectivity index (χ1n) is 10.6. The molecule has 0 atom stereocenters. The molecule has 10 heteroatoms. The Bertz CT molecular complexity index is 1360. The number of rotatable bonds is 8. The highest BCUT2D eigenvalue weighted by Gasteiger charge is 2.34. The van der Waals surface area contributed by atoms with E-state index in [2.05, 4.69) is 0 Å². The third-order valence-electron chi connectivity index (χ3n) is 5.03. The number of esters is 1. The zero-order valence-electron chi connectivity index (χ0n) is 18.9. The molecule has 0 saturated carbocycles. The summed E-state index contributed by atoms with van der Waals surface area (Å²) in [4.78, 5) is 38.8. The van der Waals surface area contributed by atoms with Gasteiger partial charge in [-0.15, -0.1) is 0 Å². The van der Waals surface area contributed by atoms with Gasteiger partial charge in [0.05, 0.1) is 29.1 Å². The van der Waals surface area contributed by atoms with Gasteiger partial charge in [-0.05, 0) is 65.9 Å². The van der Waals surface area contributed by atoms with E-state index in [0.29, 0.717) is 16.3 Å². The molecule has 0 aliphatic carbocycles. The van der Waals surface area contributed by atoms with Crippen molar-refractivity contribution in [3.8, 4) is 17.2 Å². The van der Waals surface area contributed by atoms with Crippen molar-refractivity contribution in [1.29, 1.82) is 0 Å². The van der Waals surface area contributed by atoms with Crippen molar-refractivity contribution >= 4 is 46.6 Å². The lowest BCUT2D eigenvalue weighted by molar-refractivity contribution is -0.123. The predicted octanol–water partition coefficient (Wildman–Crippen LogP) is 5.82. The SMILES string of the molecule is COc1cc(/C=C2\SC(=O)N(CCOc3ccccc3Cl)C2=O)ccc1OC(=O)c1cccc(F)c1. The first kappa shape index (κ1) is 25.3. The number of halogens is 2. The maximum atomic E-state index is 13.4. The third kappa shape index (κ3) is 5.87. The number of amides is 2. The van der Waals surface area contributed by atoms with Crippen LogP contribution in [0.25, 0.3) is 6.08 Å². The zero-order chi connectivity index (χ0) is 25.7. The number of hydrogen-bond donors (Lipinski definition) is 0. The highest BCUT2D eigenvalue weighted by atomic mass is 35.5. The summed E-state index contributed by atoms with van der Waals surface area (Å²) in [5.41, 5.74) is 0.601. The standard InChI is InChI=1S/C26H19ClFNO6S/c1-33-22-13-16(9-10-21(22)35-25(31)17-5-4-6-18(28)15-17)14-23-24(30)29(26(32)36-23)11-12-34-20-8-3-2-7-19(20)27/h2-10,13-15H,11-12H2,1H3/b23-14-. The Morgan fingerprint density at radius 1 is 1.03 bits per heavy atom. The Hall–Kier alpha value is -3.82. The Balaban J connectivity index is 1.43. The predicted molar refractivity (Wildman–Crippen MR) is 134 cm³/mol. The second kappa shape index (κ2) is 11.3. The summed E-state index contributed by atoms with van der Waals surface area (Å²) < 4.78 is 29.6. The van der Waals surface area contributed by atoms with Gasteiger partial charge in [0.1, 0.15) is 18.2 Å². The molecular formula is C26H19ClFNO6S. The quantitative estimate of drug-likeness (QED) is 0.207. The van der Waals surface area contributed by atoms with Crippen LogP contribution in [0, 0.1) is 5.82 Å². The Kier molecular flexibility index (Phi) is 7.92. The number of ether oxygens (including phenoxy) is 3. The summed E-state index contributed by atoms with van der Waals surface area (Å²) in [5, 5.41) is 0.0205. The summed E-state index contributed by atoms with van der Waals surface area (Å²) in [6.45, 7) is 0.153. The summed E-state index contributed by atoms with van der Waals surface area (Å²) in [6, 6.07) is 16.7. The van der Waals surface area contributed by atoms with Gasteiger partial charge in [-0.1, -0.05) is 35.9 Å². The van der Waals surface area contributed by atoms with E-state index >= 15 is 0 Å². The van der Waals surface area contributed by atoms with Gasteiger partial charge in [-0.3, -0.25) is 14.5 Å². The van der Waals surface area contributed by atoms with E-state index in [-0.39, 0.29) is 35.1 Å². The van der Waals surface area contributed by atoms with E-state index in [1.54, 1.807) is 42.5 Å². The number of carbonyl (C=O) groups is 3. The number of nitrogens with zero attached hydrogens (tertiary/aromatic N) is 1. The minimum absolute atomic E-state index is 0.0494. The summed E-state index contributed by atoms with van der Waals surface area (Å²) in [5.74, 6) is -0.952. The van der Waals surface area contributed by atoms with Gasteiger partial charge in [0.25, 0.3) is 11.1 Å². The van der Waals surface area contributed by atoms with Gasteiger partial charge in [-0.2, -0.15) is 0 Å². The highest BCUT2D eigenvalue weighted by Crippen LogP contribution is 2.35. The number of carbonyl (C=O) groups excluding carboxylic acids is 3. The third-order valence-corrected chi connectivity index (χ3v) is 6.25. The van der Waals surface area contributed by atoms with Crippen LogP contribution in [0.2, 0.25) is 5.02 Å². The van der Waals surface area contributed by atoms with Crippen LogP contribution in [0.4, 0.5) is 9.18 Å². The van der Waals surface area contributed by atoms with Crippen molar-refractivity contribution < 1.29 is 33.0 Å². The number of hydrogen-bond acceptors (Lipinski definition) is 7. The van der Waals surface area contributed by atoms with Gasteiger partial charge in [0, 0.05) is 0 Å². The monoisotopic (exact) mass is 527 g/mol. The van der Waals surface area contributed by atoms with Crippen LogP contribution in [-0.2, 0) is 4.79 Å². The van der Waals surface area contributed by atoms with Gasteiger partial charge < -0.3 is 14.2 Å². The molecule has 2 amide bonds. The molecule has 0 N–H and O–H groups in total. The summed E-state index contributed by atoms with van der Waals surface area (Å²) >= 11 is 6.86. The Morgan fingerprint density at radius 3 is 2.58 bits per heavy atom. The molecule has 1 aliphatic rings. The molecule has 3 aromatic carbocycles. The molecule has 0 bridgehead atoms. The topological polar surface area (TPSA) is 82.1 Å². The van der Waals surface area contributed by atoms with Crippen molar-refractivity contribution in [2.24, 2.45) is 0 Å². The van der Waals surface area contributed by atoms with Gasteiger partial charge in [-0.25, -0.2) is 9.18 Å². The highest BCUT2D eigenvalue weighted by molar-refractivity contribution is 8.18. The van der Waals surface area contributed by atoms with E-state index in [9.17, 15) is 18.8 Å². The summed E-state index contributed by atoms with van der Waals surface area (Å²) in [7, 11) is 1.39. The molecule has 0 radical (unpaired) electrons.